The van der Waals surface area contributed by atoms with E-state index in [1.165, 1.54) is 12.1 Å². The van der Waals surface area contributed by atoms with Crippen molar-refractivity contribution >= 4 is 28.9 Å². The summed E-state index contributed by atoms with van der Waals surface area (Å²) in [7, 11) is 0. The van der Waals surface area contributed by atoms with Crippen LogP contribution >= 0.6 is 11.6 Å². The van der Waals surface area contributed by atoms with Crippen LogP contribution in [0.25, 0.3) is 0 Å². The van der Waals surface area contributed by atoms with Gasteiger partial charge in [-0.3, -0.25) is 4.79 Å². The molecule has 0 aromatic heterocycles. The van der Waals surface area contributed by atoms with E-state index >= 15 is 0 Å². The van der Waals surface area contributed by atoms with Gasteiger partial charge in [0.15, 0.2) is 0 Å². The normalized spacial score (nSPS) is 13.9. The molecular weight excluding hydrogens is 521 g/mol. The number of carbonyl (C=O) groups is 1. The Kier molecular flexibility index (Phi) is 8.89. The molecule has 1 aliphatic rings. The Morgan fingerprint density at radius 2 is 1.50 bits per heavy atom. The average molecular weight is 549 g/mol. The maximum absolute atomic E-state index is 12.9. The van der Waals surface area contributed by atoms with Gasteiger partial charge in [0, 0.05) is 43.3 Å². The molecule has 1 saturated heterocycles. The molecule has 0 atom stereocenters. The summed E-state index contributed by atoms with van der Waals surface area (Å²) in [4.78, 5) is 15.0. The molecule has 0 unspecified atom stereocenters. The van der Waals surface area contributed by atoms with E-state index in [-0.39, 0.29) is 6.42 Å². The first-order valence-electron chi connectivity index (χ1n) is 12.2. The summed E-state index contributed by atoms with van der Waals surface area (Å²) in [5.41, 5.74) is 1.69. The minimum atomic E-state index is -4.35. The predicted octanol–water partition coefficient (Wildman–Crippen LogP) is 6.16. The van der Waals surface area contributed by atoms with Gasteiger partial charge < -0.3 is 24.4 Å². The Hall–Kier alpha value is -3.59. The van der Waals surface area contributed by atoms with Crippen molar-refractivity contribution in [1.82, 2.24) is 0 Å². The second kappa shape index (κ2) is 12.3. The minimum Gasteiger partial charge on any atom is -0.493 e. The van der Waals surface area contributed by atoms with Gasteiger partial charge >= 0.3 is 12.1 Å². The lowest BCUT2D eigenvalue weighted by Gasteiger charge is -2.38. The molecule has 0 bridgehead atoms. The number of alkyl halides is 3. The van der Waals surface area contributed by atoms with Gasteiger partial charge in [-0.1, -0.05) is 23.7 Å². The van der Waals surface area contributed by atoms with Crippen molar-refractivity contribution in [1.29, 1.82) is 0 Å². The van der Waals surface area contributed by atoms with E-state index in [0.717, 1.165) is 23.5 Å². The third-order valence-electron chi connectivity index (χ3n) is 6.19. The number of piperazine rings is 1. The van der Waals surface area contributed by atoms with Gasteiger partial charge in [-0.25, -0.2) is 0 Å². The molecule has 10 heteroatoms. The van der Waals surface area contributed by atoms with Crippen LogP contribution in [-0.2, 0) is 17.4 Å². The van der Waals surface area contributed by atoms with Crippen LogP contribution in [-0.4, -0.2) is 50.5 Å². The number of hydrogen-bond donors (Lipinski definition) is 1. The molecular formula is C28H28ClF3N2O4. The van der Waals surface area contributed by atoms with Crippen LogP contribution in [0.2, 0.25) is 5.02 Å². The summed E-state index contributed by atoms with van der Waals surface area (Å²) < 4.78 is 50.3. The third kappa shape index (κ3) is 7.47. The quantitative estimate of drug-likeness (QED) is 0.306. The molecule has 3 aromatic rings. The lowest BCUT2D eigenvalue weighted by atomic mass is 10.1. The molecule has 4 rings (SSSR count). The molecule has 3 aromatic carbocycles. The van der Waals surface area contributed by atoms with Gasteiger partial charge in [0.05, 0.1) is 30.9 Å². The monoisotopic (exact) mass is 548 g/mol. The van der Waals surface area contributed by atoms with Crippen molar-refractivity contribution < 1.29 is 32.5 Å². The van der Waals surface area contributed by atoms with Crippen molar-refractivity contribution in [3.8, 4) is 11.5 Å². The molecule has 0 amide bonds. The van der Waals surface area contributed by atoms with Crippen LogP contribution in [0.15, 0.2) is 66.7 Å². The van der Waals surface area contributed by atoms with Gasteiger partial charge in [0.2, 0.25) is 0 Å². The van der Waals surface area contributed by atoms with Gasteiger partial charge in [-0.05, 0) is 60.2 Å². The van der Waals surface area contributed by atoms with E-state index in [9.17, 15) is 18.0 Å². The van der Waals surface area contributed by atoms with Gasteiger partial charge in [-0.15, -0.1) is 0 Å². The van der Waals surface area contributed by atoms with Crippen LogP contribution in [0.1, 0.15) is 17.5 Å². The molecule has 1 heterocycles. The summed E-state index contributed by atoms with van der Waals surface area (Å²) in [5.74, 6) is 0.492. The van der Waals surface area contributed by atoms with Crippen molar-refractivity contribution in [2.45, 2.75) is 19.0 Å². The maximum Gasteiger partial charge on any atom is 0.416 e. The van der Waals surface area contributed by atoms with E-state index in [1.807, 2.05) is 12.1 Å². The van der Waals surface area contributed by atoms with Crippen LogP contribution in [0.3, 0.4) is 0 Å². The first-order chi connectivity index (χ1) is 18.2. The predicted molar refractivity (Wildman–Crippen MR) is 141 cm³/mol. The first-order valence-corrected chi connectivity index (χ1v) is 12.6. The molecule has 0 spiro atoms. The molecule has 38 heavy (non-hydrogen) atoms. The van der Waals surface area contributed by atoms with Crippen molar-refractivity contribution in [2.75, 3.05) is 49.2 Å². The van der Waals surface area contributed by atoms with E-state index in [1.54, 1.807) is 30.3 Å². The van der Waals surface area contributed by atoms with Crippen LogP contribution in [0.4, 0.5) is 24.5 Å². The number of hydrogen-bond acceptors (Lipinski definition) is 5. The summed E-state index contributed by atoms with van der Waals surface area (Å²) in [5, 5.41) is 9.44. The zero-order valence-electron chi connectivity index (χ0n) is 20.6. The molecule has 0 radical (unpaired) electrons. The highest BCUT2D eigenvalue weighted by atomic mass is 35.5. The fourth-order valence-corrected chi connectivity index (χ4v) is 4.40. The number of benzene rings is 3. The van der Waals surface area contributed by atoms with E-state index in [2.05, 4.69) is 9.80 Å². The van der Waals surface area contributed by atoms with Crippen molar-refractivity contribution in [2.24, 2.45) is 0 Å². The Balaban J connectivity index is 1.27. The summed E-state index contributed by atoms with van der Waals surface area (Å²) in [6.45, 7) is 3.49. The van der Waals surface area contributed by atoms with Crippen LogP contribution in [0.5, 0.6) is 11.5 Å². The van der Waals surface area contributed by atoms with E-state index in [4.69, 9.17) is 26.2 Å². The van der Waals surface area contributed by atoms with E-state index in [0.29, 0.717) is 67.9 Å². The zero-order chi connectivity index (χ0) is 27.1. The number of anilines is 2. The van der Waals surface area contributed by atoms with Crippen LogP contribution < -0.4 is 19.3 Å². The number of nitrogens with zero attached hydrogens (tertiary/aromatic N) is 2. The van der Waals surface area contributed by atoms with Gasteiger partial charge in [0.1, 0.15) is 11.5 Å². The van der Waals surface area contributed by atoms with Gasteiger partial charge in [0.25, 0.3) is 0 Å². The Morgan fingerprint density at radius 3 is 2.13 bits per heavy atom. The van der Waals surface area contributed by atoms with E-state index < -0.39 is 17.7 Å². The average Bonchev–Trinajstić information content (AvgIpc) is 2.89. The number of carboxylic acid groups (broad SMARTS) is 1. The third-order valence-corrected chi connectivity index (χ3v) is 6.43. The molecule has 0 saturated carbocycles. The SMILES string of the molecule is O=C(O)Cc1ccc(OCCCOc2ccc(Cl)cc2N2CCN(c3ccc(C(F)(F)F)cc3)CC2)cc1. The second-order valence-electron chi connectivity index (χ2n) is 8.90. The van der Waals surface area contributed by atoms with Crippen LogP contribution in [0, 0.1) is 0 Å². The summed E-state index contributed by atoms with van der Waals surface area (Å²) in [6.07, 6.45) is -3.73. The molecule has 1 N–H and O–H groups in total. The summed E-state index contributed by atoms with van der Waals surface area (Å²) >= 11 is 6.27. The largest absolute Gasteiger partial charge is 0.493 e. The smallest absolute Gasteiger partial charge is 0.416 e. The maximum atomic E-state index is 12.9. The molecule has 1 fully saturated rings. The number of rotatable bonds is 10. The van der Waals surface area contributed by atoms with Crippen molar-refractivity contribution in [3.05, 3.63) is 82.9 Å². The van der Waals surface area contributed by atoms with Crippen molar-refractivity contribution in [3.63, 3.8) is 0 Å². The number of ether oxygens (including phenoxy) is 2. The highest BCUT2D eigenvalue weighted by Crippen LogP contribution is 2.34. The molecule has 6 nitrogen and oxygen atoms in total. The highest BCUT2D eigenvalue weighted by molar-refractivity contribution is 6.30. The zero-order valence-corrected chi connectivity index (χ0v) is 21.3. The minimum absolute atomic E-state index is 0.0261. The Labute approximate surface area is 224 Å². The fourth-order valence-electron chi connectivity index (χ4n) is 4.24. The second-order valence-corrected chi connectivity index (χ2v) is 9.33. The lowest BCUT2D eigenvalue weighted by Crippen LogP contribution is -2.46. The Morgan fingerprint density at radius 1 is 0.868 bits per heavy atom. The Bertz CT molecular complexity index is 1210. The molecule has 0 aliphatic carbocycles. The number of halogens is 4. The molecule has 202 valence electrons. The van der Waals surface area contributed by atoms with Gasteiger partial charge in [-0.2, -0.15) is 13.2 Å². The highest BCUT2D eigenvalue weighted by Gasteiger charge is 2.30. The standard InChI is InChI=1S/C28H28ClF3N2O4/c29-22-6-11-26(38-17-1-16-37-24-9-2-20(3-10-24)18-27(35)36)25(19-22)34-14-12-33(13-15-34)23-7-4-21(5-8-23)28(30,31)32/h2-11,19H,1,12-18H2,(H,35,36). The topological polar surface area (TPSA) is 62.2 Å². The fraction of sp³-hybridized carbons (Fsp3) is 0.321. The summed E-state index contributed by atoms with van der Waals surface area (Å²) in [6, 6.07) is 17.7. The first kappa shape index (κ1) is 27.4. The number of aliphatic carboxylic acids is 1. The lowest BCUT2D eigenvalue weighted by molar-refractivity contribution is -0.138. The number of carboxylic acids is 1. The molecule has 1 aliphatic heterocycles.